The first kappa shape index (κ1) is 21.0. The maximum atomic E-state index is 11.7. The number of thioether (sulfide) groups is 1. The van der Waals surface area contributed by atoms with E-state index in [4.69, 9.17) is 0 Å². The second kappa shape index (κ2) is 8.86. The van der Waals surface area contributed by atoms with Crippen molar-refractivity contribution in [3.05, 3.63) is 108 Å². The minimum atomic E-state index is -1.19. The maximum Gasteiger partial charge on any atom is 0.408 e. The lowest BCUT2D eigenvalue weighted by Gasteiger charge is -2.37. The van der Waals surface area contributed by atoms with Gasteiger partial charge in [0.25, 0.3) is 0 Å². The van der Waals surface area contributed by atoms with E-state index in [2.05, 4.69) is 36.4 Å². The first-order chi connectivity index (χ1) is 15.0. The van der Waals surface area contributed by atoms with Crippen molar-refractivity contribution in [1.82, 2.24) is 4.90 Å². The van der Waals surface area contributed by atoms with E-state index >= 15 is 0 Å². The summed E-state index contributed by atoms with van der Waals surface area (Å²) in [4.78, 5) is 24.5. The molecule has 0 bridgehead atoms. The van der Waals surface area contributed by atoms with Gasteiger partial charge in [-0.25, -0.2) is 9.59 Å². The summed E-state index contributed by atoms with van der Waals surface area (Å²) in [5.41, 5.74) is 3.20. The second-order valence-electron chi connectivity index (χ2n) is 7.54. The fraction of sp³-hybridized carbons (Fsp3) is 0.200. The average molecular weight is 434 g/mol. The highest BCUT2D eigenvalue weighted by atomic mass is 32.2. The number of benzene rings is 3. The van der Waals surface area contributed by atoms with Gasteiger partial charge in [-0.15, -0.1) is 11.8 Å². The normalized spacial score (nSPS) is 18.6. The van der Waals surface area contributed by atoms with Crippen molar-refractivity contribution >= 4 is 23.8 Å². The molecule has 1 saturated heterocycles. The molecule has 0 spiro atoms. The van der Waals surface area contributed by atoms with Gasteiger partial charge in [0.2, 0.25) is 0 Å². The number of rotatable bonds is 6. The molecule has 4 rings (SSSR count). The number of aliphatic carboxylic acids is 1. The van der Waals surface area contributed by atoms with Crippen LogP contribution < -0.4 is 0 Å². The van der Waals surface area contributed by atoms with Crippen LogP contribution in [0, 0.1) is 0 Å². The van der Waals surface area contributed by atoms with Crippen LogP contribution in [-0.2, 0) is 9.54 Å². The monoisotopic (exact) mass is 433 g/mol. The van der Waals surface area contributed by atoms with Gasteiger partial charge in [0.05, 0.1) is 4.75 Å². The summed E-state index contributed by atoms with van der Waals surface area (Å²) in [6, 6.07) is 29.3. The van der Waals surface area contributed by atoms with E-state index in [9.17, 15) is 19.8 Å². The third-order valence-electron chi connectivity index (χ3n) is 5.68. The van der Waals surface area contributed by atoms with E-state index in [1.807, 2.05) is 54.6 Å². The van der Waals surface area contributed by atoms with Gasteiger partial charge in [0.15, 0.2) is 0 Å². The summed E-state index contributed by atoms with van der Waals surface area (Å²) in [5, 5.41) is 19.0. The molecule has 1 heterocycles. The molecule has 1 aliphatic rings. The van der Waals surface area contributed by atoms with E-state index in [0.717, 1.165) is 21.6 Å². The SMILES string of the molecule is O=C(O)[C@@H]1C[C@@H](SC(c2ccccc2)(c2ccccc2)c2ccccc2)CN1C(=O)O. The Balaban J connectivity index is 1.85. The molecule has 1 amide bonds. The Bertz CT molecular complexity index is 924. The smallest absolute Gasteiger partial charge is 0.408 e. The number of carboxylic acids is 1. The second-order valence-corrected chi connectivity index (χ2v) is 9.06. The van der Waals surface area contributed by atoms with E-state index in [1.54, 1.807) is 11.8 Å². The van der Waals surface area contributed by atoms with Crippen molar-refractivity contribution < 1.29 is 19.8 Å². The van der Waals surface area contributed by atoms with Crippen LogP contribution in [0.15, 0.2) is 91.0 Å². The number of nitrogens with zero attached hydrogens (tertiary/aromatic N) is 1. The van der Waals surface area contributed by atoms with Crippen molar-refractivity contribution in [3.63, 3.8) is 0 Å². The quantitative estimate of drug-likeness (QED) is 0.540. The van der Waals surface area contributed by atoms with Crippen LogP contribution >= 0.6 is 11.8 Å². The molecule has 5 nitrogen and oxygen atoms in total. The third kappa shape index (κ3) is 4.03. The minimum Gasteiger partial charge on any atom is -0.480 e. The van der Waals surface area contributed by atoms with Gasteiger partial charge in [-0.3, -0.25) is 4.90 Å². The Morgan fingerprint density at radius 2 is 1.19 bits per heavy atom. The van der Waals surface area contributed by atoms with E-state index < -0.39 is 22.9 Å². The molecule has 1 aliphatic heterocycles. The largest absolute Gasteiger partial charge is 0.480 e. The van der Waals surface area contributed by atoms with Crippen LogP contribution in [0.25, 0.3) is 0 Å². The molecule has 3 aromatic rings. The number of carboxylic acid groups (broad SMARTS) is 2. The van der Waals surface area contributed by atoms with Crippen LogP contribution in [0.3, 0.4) is 0 Å². The summed E-state index contributed by atoms with van der Waals surface area (Å²) in [6.07, 6.45) is -0.930. The third-order valence-corrected chi connectivity index (χ3v) is 7.41. The summed E-state index contributed by atoms with van der Waals surface area (Å²) in [6.45, 7) is 0.172. The number of amides is 1. The highest BCUT2D eigenvalue weighted by Gasteiger charge is 2.46. The molecule has 0 unspecified atom stereocenters. The van der Waals surface area contributed by atoms with E-state index in [-0.39, 0.29) is 18.2 Å². The maximum absolute atomic E-state index is 11.7. The van der Waals surface area contributed by atoms with Gasteiger partial charge in [-0.05, 0) is 23.1 Å². The van der Waals surface area contributed by atoms with Gasteiger partial charge in [0, 0.05) is 11.8 Å². The first-order valence-corrected chi connectivity index (χ1v) is 11.0. The zero-order valence-corrected chi connectivity index (χ0v) is 17.6. The van der Waals surface area contributed by atoms with Crippen LogP contribution in [0.1, 0.15) is 23.1 Å². The van der Waals surface area contributed by atoms with Gasteiger partial charge in [-0.2, -0.15) is 0 Å². The Morgan fingerprint density at radius 3 is 1.52 bits per heavy atom. The lowest BCUT2D eigenvalue weighted by molar-refractivity contribution is -0.141. The van der Waals surface area contributed by atoms with Gasteiger partial charge < -0.3 is 10.2 Å². The Hall–Kier alpha value is -3.25. The molecular weight excluding hydrogens is 410 g/mol. The summed E-state index contributed by atoms with van der Waals surface area (Å²) in [5.74, 6) is -1.10. The lowest BCUT2D eigenvalue weighted by Crippen LogP contribution is -2.39. The zero-order chi connectivity index (χ0) is 21.8. The van der Waals surface area contributed by atoms with Gasteiger partial charge >= 0.3 is 12.1 Å². The fourth-order valence-corrected chi connectivity index (χ4v) is 6.13. The van der Waals surface area contributed by atoms with Gasteiger partial charge in [0.1, 0.15) is 6.04 Å². The highest BCUT2D eigenvalue weighted by Crippen LogP contribution is 2.52. The molecule has 2 atom stereocenters. The molecule has 31 heavy (non-hydrogen) atoms. The Kier molecular flexibility index (Phi) is 6.00. The first-order valence-electron chi connectivity index (χ1n) is 10.1. The molecular formula is C25H23NO4S. The predicted octanol–water partition coefficient (Wildman–Crippen LogP) is 4.92. The van der Waals surface area contributed by atoms with Crippen LogP contribution in [0.5, 0.6) is 0 Å². The average Bonchev–Trinajstić information content (AvgIpc) is 3.24. The molecule has 0 radical (unpaired) electrons. The number of hydrogen-bond acceptors (Lipinski definition) is 3. The summed E-state index contributed by atoms with van der Waals surface area (Å²) < 4.78 is -0.605. The number of likely N-dealkylation sites (tertiary alicyclic amines) is 1. The highest BCUT2D eigenvalue weighted by molar-refractivity contribution is 8.01. The molecule has 0 saturated carbocycles. The molecule has 6 heteroatoms. The van der Waals surface area contributed by atoms with Crippen molar-refractivity contribution in [1.29, 1.82) is 0 Å². The zero-order valence-electron chi connectivity index (χ0n) is 16.8. The van der Waals surface area contributed by atoms with Crippen molar-refractivity contribution in [2.45, 2.75) is 22.5 Å². The molecule has 3 aromatic carbocycles. The van der Waals surface area contributed by atoms with Crippen LogP contribution in [0.2, 0.25) is 0 Å². The standard InChI is InChI=1S/C25H23NO4S/c27-23(28)22-16-21(17-26(22)24(29)30)31-25(18-10-4-1-5-11-18,19-12-6-2-7-13-19)20-14-8-3-9-15-20/h1-15,21-22H,16-17H2,(H,27,28)(H,29,30)/t21-,22+/m1/s1. The molecule has 0 aliphatic carbocycles. The summed E-state index contributed by atoms with van der Waals surface area (Å²) in [7, 11) is 0. The van der Waals surface area contributed by atoms with E-state index in [1.165, 1.54) is 0 Å². The summed E-state index contributed by atoms with van der Waals surface area (Å²) >= 11 is 1.63. The predicted molar refractivity (Wildman–Crippen MR) is 121 cm³/mol. The number of hydrogen-bond donors (Lipinski definition) is 2. The number of carbonyl (C=O) groups is 2. The topological polar surface area (TPSA) is 77.8 Å². The molecule has 1 fully saturated rings. The fourth-order valence-electron chi connectivity index (χ4n) is 4.30. The molecule has 0 aromatic heterocycles. The van der Waals surface area contributed by atoms with Crippen molar-refractivity contribution in [3.8, 4) is 0 Å². The van der Waals surface area contributed by atoms with Crippen molar-refractivity contribution in [2.24, 2.45) is 0 Å². The Labute approximate surface area is 185 Å². The molecule has 2 N–H and O–H groups in total. The van der Waals surface area contributed by atoms with Gasteiger partial charge in [-0.1, -0.05) is 91.0 Å². The van der Waals surface area contributed by atoms with E-state index in [0.29, 0.717) is 0 Å². The lowest BCUT2D eigenvalue weighted by atomic mass is 9.84. The Morgan fingerprint density at radius 1 is 0.774 bits per heavy atom. The van der Waals surface area contributed by atoms with Crippen LogP contribution in [-0.4, -0.2) is 45.0 Å². The molecule has 158 valence electrons. The van der Waals surface area contributed by atoms with Crippen LogP contribution in [0.4, 0.5) is 4.79 Å². The van der Waals surface area contributed by atoms with Crippen molar-refractivity contribution in [2.75, 3.05) is 6.54 Å². The minimum absolute atomic E-state index is 0.172.